The standard InChI is InChI=1S/C23H28N2O5/c1-23(2,3)30-22(28)24-13-19(15-26)25(21(27)14-24)18-9-11-20(12-10-18)29-16-17-7-5-4-6-8-17/h4-12,19,26H,13-16H2,1-3H3/t19-/m0/s1. The number of benzene rings is 2. The molecule has 0 spiro atoms. The van der Waals surface area contributed by atoms with Crippen molar-refractivity contribution in [3.05, 3.63) is 60.2 Å². The molecule has 0 bridgehead atoms. The number of rotatable bonds is 5. The van der Waals surface area contributed by atoms with Crippen LogP contribution in [0, 0.1) is 0 Å². The topological polar surface area (TPSA) is 79.3 Å². The van der Waals surface area contributed by atoms with Crippen molar-refractivity contribution in [2.24, 2.45) is 0 Å². The van der Waals surface area contributed by atoms with Gasteiger partial charge in [0, 0.05) is 12.2 Å². The molecule has 2 aromatic carbocycles. The van der Waals surface area contributed by atoms with Crippen LogP contribution in [0.25, 0.3) is 0 Å². The number of aliphatic hydroxyl groups excluding tert-OH is 1. The third-order valence-corrected chi connectivity index (χ3v) is 4.62. The van der Waals surface area contributed by atoms with Gasteiger partial charge in [0.2, 0.25) is 5.91 Å². The Kier molecular flexibility index (Phi) is 6.62. The highest BCUT2D eigenvalue weighted by atomic mass is 16.6. The van der Waals surface area contributed by atoms with Gasteiger partial charge in [0.25, 0.3) is 0 Å². The van der Waals surface area contributed by atoms with Crippen molar-refractivity contribution in [1.29, 1.82) is 0 Å². The van der Waals surface area contributed by atoms with Gasteiger partial charge < -0.3 is 19.5 Å². The molecule has 2 aromatic rings. The molecule has 7 nitrogen and oxygen atoms in total. The van der Waals surface area contributed by atoms with Gasteiger partial charge in [-0.15, -0.1) is 0 Å². The van der Waals surface area contributed by atoms with Gasteiger partial charge in [0.1, 0.15) is 24.5 Å². The molecule has 0 aromatic heterocycles. The Balaban J connectivity index is 1.66. The monoisotopic (exact) mass is 412 g/mol. The first-order chi connectivity index (χ1) is 14.3. The molecule has 1 heterocycles. The third-order valence-electron chi connectivity index (χ3n) is 4.62. The molecule has 0 unspecified atom stereocenters. The summed E-state index contributed by atoms with van der Waals surface area (Å²) in [5.41, 5.74) is 1.06. The highest BCUT2D eigenvalue weighted by molar-refractivity contribution is 5.98. The van der Waals surface area contributed by atoms with Crippen LogP contribution in [0.1, 0.15) is 26.3 Å². The molecule has 0 saturated carbocycles. The number of ether oxygens (including phenoxy) is 2. The smallest absolute Gasteiger partial charge is 0.410 e. The number of aliphatic hydroxyl groups is 1. The number of amides is 2. The predicted molar refractivity (Wildman–Crippen MR) is 113 cm³/mol. The molecule has 7 heteroatoms. The molecular weight excluding hydrogens is 384 g/mol. The van der Waals surface area contributed by atoms with E-state index in [0.29, 0.717) is 18.0 Å². The van der Waals surface area contributed by atoms with Gasteiger partial charge in [0.05, 0.1) is 12.6 Å². The molecule has 1 N–H and O–H groups in total. The Labute approximate surface area is 176 Å². The average molecular weight is 412 g/mol. The van der Waals surface area contributed by atoms with Crippen LogP contribution >= 0.6 is 0 Å². The van der Waals surface area contributed by atoms with Gasteiger partial charge in [-0.2, -0.15) is 0 Å². The zero-order valence-corrected chi connectivity index (χ0v) is 17.6. The molecule has 3 rings (SSSR count). The van der Waals surface area contributed by atoms with Crippen LogP contribution in [0.15, 0.2) is 54.6 Å². The maximum Gasteiger partial charge on any atom is 0.410 e. The number of piperazine rings is 1. The second-order valence-electron chi connectivity index (χ2n) is 8.23. The lowest BCUT2D eigenvalue weighted by atomic mass is 10.1. The van der Waals surface area contributed by atoms with E-state index in [1.54, 1.807) is 45.0 Å². The Bertz CT molecular complexity index is 861. The van der Waals surface area contributed by atoms with E-state index in [1.807, 2.05) is 30.3 Å². The first-order valence-corrected chi connectivity index (χ1v) is 9.94. The number of hydrogen-bond acceptors (Lipinski definition) is 5. The van der Waals surface area contributed by atoms with Gasteiger partial charge in [0.15, 0.2) is 0 Å². The molecule has 1 aliphatic heterocycles. The third kappa shape index (κ3) is 5.51. The maximum absolute atomic E-state index is 12.8. The number of nitrogens with zero attached hydrogens (tertiary/aromatic N) is 2. The van der Waals surface area contributed by atoms with Gasteiger partial charge in [-0.25, -0.2) is 4.79 Å². The van der Waals surface area contributed by atoms with Crippen LogP contribution in [0.4, 0.5) is 10.5 Å². The summed E-state index contributed by atoms with van der Waals surface area (Å²) in [5.74, 6) is 0.409. The van der Waals surface area contributed by atoms with Crippen molar-refractivity contribution >= 4 is 17.7 Å². The van der Waals surface area contributed by atoms with E-state index in [9.17, 15) is 14.7 Å². The molecule has 2 amide bonds. The first-order valence-electron chi connectivity index (χ1n) is 9.94. The zero-order chi connectivity index (χ0) is 21.7. The summed E-state index contributed by atoms with van der Waals surface area (Å²) in [7, 11) is 0. The summed E-state index contributed by atoms with van der Waals surface area (Å²) >= 11 is 0. The van der Waals surface area contributed by atoms with Crippen LogP contribution in [0.3, 0.4) is 0 Å². The van der Waals surface area contributed by atoms with Crippen molar-refractivity contribution in [2.75, 3.05) is 24.6 Å². The van der Waals surface area contributed by atoms with E-state index in [4.69, 9.17) is 9.47 Å². The number of hydrogen-bond donors (Lipinski definition) is 1. The predicted octanol–water partition coefficient (Wildman–Crippen LogP) is 3.21. The maximum atomic E-state index is 12.8. The number of anilines is 1. The normalized spacial score (nSPS) is 17.1. The second-order valence-corrected chi connectivity index (χ2v) is 8.23. The quantitative estimate of drug-likeness (QED) is 0.816. The van der Waals surface area contributed by atoms with Crippen molar-refractivity contribution in [3.63, 3.8) is 0 Å². The van der Waals surface area contributed by atoms with Gasteiger partial charge in [-0.05, 0) is 50.6 Å². The minimum atomic E-state index is -0.651. The summed E-state index contributed by atoms with van der Waals surface area (Å²) in [4.78, 5) is 28.0. The summed E-state index contributed by atoms with van der Waals surface area (Å²) < 4.78 is 11.1. The van der Waals surface area contributed by atoms with E-state index < -0.39 is 17.7 Å². The fourth-order valence-corrected chi connectivity index (χ4v) is 3.25. The van der Waals surface area contributed by atoms with Crippen molar-refractivity contribution in [3.8, 4) is 5.75 Å². The molecular formula is C23H28N2O5. The van der Waals surface area contributed by atoms with Gasteiger partial charge >= 0.3 is 6.09 Å². The molecule has 160 valence electrons. The van der Waals surface area contributed by atoms with Crippen molar-refractivity contribution in [1.82, 2.24) is 4.90 Å². The second kappa shape index (κ2) is 9.17. The number of carbonyl (C=O) groups is 2. The molecule has 1 atom stereocenters. The summed E-state index contributed by atoms with van der Waals surface area (Å²) in [5, 5.41) is 9.84. The van der Waals surface area contributed by atoms with Crippen molar-refractivity contribution in [2.45, 2.75) is 39.0 Å². The highest BCUT2D eigenvalue weighted by Crippen LogP contribution is 2.25. The van der Waals surface area contributed by atoms with Gasteiger partial charge in [-0.1, -0.05) is 30.3 Å². The SMILES string of the molecule is CC(C)(C)OC(=O)N1CC(=O)N(c2ccc(OCc3ccccc3)cc2)[C@H](CO)C1. The van der Waals surface area contributed by atoms with Crippen LogP contribution in [-0.2, 0) is 16.1 Å². The molecule has 30 heavy (non-hydrogen) atoms. The fourth-order valence-electron chi connectivity index (χ4n) is 3.25. The van der Waals surface area contributed by atoms with Crippen LogP contribution < -0.4 is 9.64 Å². The van der Waals surface area contributed by atoms with Crippen LogP contribution in [0.2, 0.25) is 0 Å². The average Bonchev–Trinajstić information content (AvgIpc) is 2.71. The summed E-state index contributed by atoms with van der Waals surface area (Å²) in [6, 6.07) is 16.4. The molecule has 0 aliphatic carbocycles. The molecule has 1 saturated heterocycles. The Morgan fingerprint density at radius 1 is 1.10 bits per heavy atom. The minimum absolute atomic E-state index is 0.0995. The summed E-state index contributed by atoms with van der Waals surface area (Å²) in [6.45, 7) is 5.60. The molecule has 0 radical (unpaired) electrons. The Hall–Kier alpha value is -3.06. The fraction of sp³-hybridized carbons (Fsp3) is 0.391. The zero-order valence-electron chi connectivity index (χ0n) is 17.6. The number of carbonyl (C=O) groups excluding carboxylic acids is 2. The lowest BCUT2D eigenvalue weighted by Crippen LogP contribution is -2.60. The van der Waals surface area contributed by atoms with E-state index in [0.717, 1.165) is 5.56 Å². The molecule has 1 fully saturated rings. The van der Waals surface area contributed by atoms with E-state index in [-0.39, 0.29) is 25.6 Å². The van der Waals surface area contributed by atoms with Crippen LogP contribution in [0.5, 0.6) is 5.75 Å². The summed E-state index contributed by atoms with van der Waals surface area (Å²) in [6.07, 6.45) is -0.557. The minimum Gasteiger partial charge on any atom is -0.489 e. The van der Waals surface area contributed by atoms with E-state index in [2.05, 4.69) is 0 Å². The highest BCUT2D eigenvalue weighted by Gasteiger charge is 2.37. The van der Waals surface area contributed by atoms with E-state index in [1.165, 1.54) is 9.80 Å². The van der Waals surface area contributed by atoms with Crippen molar-refractivity contribution < 1.29 is 24.2 Å². The van der Waals surface area contributed by atoms with E-state index >= 15 is 0 Å². The van der Waals surface area contributed by atoms with Gasteiger partial charge in [-0.3, -0.25) is 9.69 Å². The lowest BCUT2D eigenvalue weighted by Gasteiger charge is -2.40. The Morgan fingerprint density at radius 3 is 2.37 bits per heavy atom. The largest absolute Gasteiger partial charge is 0.489 e. The molecule has 1 aliphatic rings. The first kappa shape index (κ1) is 21.6. The Morgan fingerprint density at radius 2 is 1.77 bits per heavy atom. The van der Waals surface area contributed by atoms with Crippen LogP contribution in [-0.4, -0.2) is 53.3 Å². The lowest BCUT2D eigenvalue weighted by molar-refractivity contribution is -0.122.